The number of nitrogens with one attached hydrogen (secondary N) is 1. The Kier molecular flexibility index (Phi) is 4.68. The van der Waals surface area contributed by atoms with Crippen molar-refractivity contribution in [3.8, 4) is 0 Å². The molecule has 1 aliphatic carbocycles. The normalized spacial score (nSPS) is 27.1. The highest BCUT2D eigenvalue weighted by atomic mass is 16.4. The van der Waals surface area contributed by atoms with Gasteiger partial charge in [0.2, 0.25) is 5.91 Å². The number of carboxylic acid groups (broad SMARTS) is 1. The van der Waals surface area contributed by atoms with Crippen molar-refractivity contribution in [2.45, 2.75) is 52.0 Å². The van der Waals surface area contributed by atoms with Gasteiger partial charge in [0, 0.05) is 12.6 Å². The van der Waals surface area contributed by atoms with Gasteiger partial charge in [-0.3, -0.25) is 9.59 Å². The Morgan fingerprint density at radius 3 is 2.45 bits per heavy atom. The second-order valence-corrected chi connectivity index (χ2v) is 6.50. The number of aliphatic carboxylic acids is 1. The molecule has 2 fully saturated rings. The maximum Gasteiger partial charge on any atom is 0.323 e. The highest BCUT2D eigenvalue weighted by Crippen LogP contribution is 2.38. The van der Waals surface area contributed by atoms with Crippen molar-refractivity contribution in [1.29, 1.82) is 0 Å². The number of hydrogen-bond acceptors (Lipinski definition) is 3. The van der Waals surface area contributed by atoms with Crippen molar-refractivity contribution in [2.75, 3.05) is 19.6 Å². The first-order valence-electron chi connectivity index (χ1n) is 7.71. The van der Waals surface area contributed by atoms with E-state index in [-0.39, 0.29) is 24.4 Å². The molecule has 5 nitrogen and oxygen atoms in total. The Morgan fingerprint density at radius 1 is 1.35 bits per heavy atom. The molecule has 114 valence electrons. The fourth-order valence-electron chi connectivity index (χ4n) is 3.65. The van der Waals surface area contributed by atoms with Gasteiger partial charge in [0.25, 0.3) is 0 Å². The Labute approximate surface area is 120 Å². The number of amides is 1. The van der Waals surface area contributed by atoms with Crippen molar-refractivity contribution in [2.24, 2.45) is 11.3 Å². The van der Waals surface area contributed by atoms with Crippen LogP contribution < -0.4 is 5.32 Å². The van der Waals surface area contributed by atoms with Gasteiger partial charge in [-0.1, -0.05) is 26.7 Å². The summed E-state index contributed by atoms with van der Waals surface area (Å²) in [6.07, 6.45) is 4.90. The summed E-state index contributed by atoms with van der Waals surface area (Å²) in [6, 6.07) is 0.120. The number of rotatable bonds is 5. The molecule has 1 heterocycles. The van der Waals surface area contributed by atoms with Crippen LogP contribution in [0.5, 0.6) is 0 Å². The Hall–Kier alpha value is -1.10. The second-order valence-electron chi connectivity index (χ2n) is 6.50. The van der Waals surface area contributed by atoms with Crippen molar-refractivity contribution in [1.82, 2.24) is 10.2 Å². The molecular weight excluding hydrogens is 256 g/mol. The molecule has 1 unspecified atom stereocenters. The zero-order valence-electron chi connectivity index (χ0n) is 12.5. The second kappa shape index (κ2) is 6.12. The molecule has 0 aromatic rings. The van der Waals surface area contributed by atoms with Gasteiger partial charge >= 0.3 is 5.97 Å². The van der Waals surface area contributed by atoms with Crippen LogP contribution in [0.25, 0.3) is 0 Å². The van der Waals surface area contributed by atoms with Gasteiger partial charge in [-0.2, -0.15) is 0 Å². The van der Waals surface area contributed by atoms with E-state index in [9.17, 15) is 9.59 Å². The maximum atomic E-state index is 13.1. The number of hydrogen-bond donors (Lipinski definition) is 2. The van der Waals surface area contributed by atoms with E-state index < -0.39 is 11.4 Å². The van der Waals surface area contributed by atoms with E-state index in [4.69, 9.17) is 5.11 Å². The number of carboxylic acids is 1. The number of nitrogens with zero attached hydrogens (tertiary/aromatic N) is 1. The van der Waals surface area contributed by atoms with Crippen LogP contribution in [0.3, 0.4) is 0 Å². The molecule has 1 atom stereocenters. The molecule has 0 spiro atoms. The highest BCUT2D eigenvalue weighted by Gasteiger charge is 2.47. The molecule has 1 saturated heterocycles. The minimum Gasteiger partial charge on any atom is -0.480 e. The monoisotopic (exact) mass is 282 g/mol. The van der Waals surface area contributed by atoms with E-state index in [0.717, 1.165) is 38.6 Å². The van der Waals surface area contributed by atoms with Gasteiger partial charge in [-0.25, -0.2) is 0 Å². The van der Waals surface area contributed by atoms with Crippen LogP contribution in [0.2, 0.25) is 0 Å². The van der Waals surface area contributed by atoms with E-state index in [1.165, 1.54) is 0 Å². The van der Waals surface area contributed by atoms with E-state index in [2.05, 4.69) is 19.2 Å². The summed E-state index contributed by atoms with van der Waals surface area (Å²) < 4.78 is 0. The summed E-state index contributed by atoms with van der Waals surface area (Å²) >= 11 is 0. The molecule has 2 N–H and O–H groups in total. The molecule has 0 radical (unpaired) electrons. The lowest BCUT2D eigenvalue weighted by Crippen LogP contribution is -2.52. The molecule has 0 aromatic heterocycles. The van der Waals surface area contributed by atoms with E-state index in [1.54, 1.807) is 4.90 Å². The Morgan fingerprint density at radius 2 is 2.00 bits per heavy atom. The first kappa shape index (κ1) is 15.3. The number of carbonyl (C=O) groups excluding carboxylic acids is 1. The smallest absolute Gasteiger partial charge is 0.323 e. The molecule has 1 aliphatic heterocycles. The van der Waals surface area contributed by atoms with Gasteiger partial charge in [-0.15, -0.1) is 0 Å². The zero-order chi connectivity index (χ0) is 14.8. The third kappa shape index (κ3) is 2.82. The summed E-state index contributed by atoms with van der Waals surface area (Å²) in [5.41, 5.74) is -0.419. The molecule has 0 bridgehead atoms. The van der Waals surface area contributed by atoms with Crippen LogP contribution in [-0.2, 0) is 9.59 Å². The van der Waals surface area contributed by atoms with E-state index >= 15 is 0 Å². The first-order chi connectivity index (χ1) is 9.47. The molecular formula is C15H26N2O3. The van der Waals surface area contributed by atoms with Crippen LogP contribution >= 0.6 is 0 Å². The third-order valence-corrected chi connectivity index (χ3v) is 5.05. The minimum absolute atomic E-state index is 0.0480. The van der Waals surface area contributed by atoms with Crippen LogP contribution in [0.15, 0.2) is 0 Å². The van der Waals surface area contributed by atoms with Crippen LogP contribution in [0.4, 0.5) is 0 Å². The molecule has 2 aliphatic rings. The van der Waals surface area contributed by atoms with Crippen LogP contribution in [0.1, 0.15) is 46.0 Å². The Balaban J connectivity index is 2.22. The SMILES string of the molecule is CC(C)C1(C(=O)N(CC(=O)O)C2CCCC2)CCNC1. The lowest BCUT2D eigenvalue weighted by atomic mass is 9.75. The summed E-state index contributed by atoms with van der Waals surface area (Å²) in [5.74, 6) is -0.635. The van der Waals surface area contributed by atoms with Gasteiger partial charge < -0.3 is 15.3 Å². The van der Waals surface area contributed by atoms with Crippen molar-refractivity contribution >= 4 is 11.9 Å². The van der Waals surface area contributed by atoms with E-state index in [0.29, 0.717) is 6.54 Å². The fraction of sp³-hybridized carbons (Fsp3) is 0.867. The summed E-state index contributed by atoms with van der Waals surface area (Å²) in [4.78, 5) is 25.9. The largest absolute Gasteiger partial charge is 0.480 e. The topological polar surface area (TPSA) is 69.6 Å². The Bertz CT molecular complexity index is 369. The van der Waals surface area contributed by atoms with Gasteiger partial charge in [0.15, 0.2) is 0 Å². The zero-order valence-corrected chi connectivity index (χ0v) is 12.5. The lowest BCUT2D eigenvalue weighted by molar-refractivity contribution is -0.153. The predicted octanol–water partition coefficient (Wildman–Crippen LogP) is 1.48. The lowest BCUT2D eigenvalue weighted by Gasteiger charge is -2.39. The van der Waals surface area contributed by atoms with Gasteiger partial charge in [0.1, 0.15) is 6.54 Å². The molecule has 2 rings (SSSR count). The fourth-order valence-corrected chi connectivity index (χ4v) is 3.65. The molecule has 20 heavy (non-hydrogen) atoms. The van der Waals surface area contributed by atoms with Gasteiger partial charge in [-0.05, 0) is 31.7 Å². The van der Waals surface area contributed by atoms with Crippen molar-refractivity contribution < 1.29 is 14.7 Å². The average molecular weight is 282 g/mol. The first-order valence-corrected chi connectivity index (χ1v) is 7.71. The quantitative estimate of drug-likeness (QED) is 0.801. The third-order valence-electron chi connectivity index (χ3n) is 5.05. The minimum atomic E-state index is -0.907. The van der Waals surface area contributed by atoms with Gasteiger partial charge in [0.05, 0.1) is 5.41 Å². The highest BCUT2D eigenvalue weighted by molar-refractivity contribution is 5.87. The molecule has 1 saturated carbocycles. The molecule has 5 heteroatoms. The molecule has 0 aromatic carbocycles. The van der Waals surface area contributed by atoms with Crippen molar-refractivity contribution in [3.63, 3.8) is 0 Å². The van der Waals surface area contributed by atoms with E-state index in [1.807, 2.05) is 0 Å². The summed E-state index contributed by atoms with van der Waals surface area (Å²) in [6.45, 7) is 5.50. The maximum absolute atomic E-state index is 13.1. The number of carbonyl (C=O) groups is 2. The van der Waals surface area contributed by atoms with Crippen molar-refractivity contribution in [3.05, 3.63) is 0 Å². The molecule has 1 amide bonds. The van der Waals surface area contributed by atoms with Crippen LogP contribution in [-0.4, -0.2) is 47.6 Å². The average Bonchev–Trinajstić information content (AvgIpc) is 3.06. The van der Waals surface area contributed by atoms with Crippen LogP contribution in [0, 0.1) is 11.3 Å². The summed E-state index contributed by atoms with van der Waals surface area (Å²) in [7, 11) is 0. The standard InChI is InChI=1S/C15H26N2O3/c1-11(2)15(7-8-16-10-15)14(20)17(9-13(18)19)12-5-3-4-6-12/h11-12,16H,3-10H2,1-2H3,(H,18,19). The predicted molar refractivity (Wildman–Crippen MR) is 76.4 cm³/mol. The summed E-state index contributed by atoms with van der Waals surface area (Å²) in [5, 5.41) is 12.4.